The molecule has 21 heavy (non-hydrogen) atoms. The van der Waals surface area contributed by atoms with E-state index in [9.17, 15) is 13.2 Å². The van der Waals surface area contributed by atoms with Gasteiger partial charge in [0.2, 0.25) is 0 Å². The third-order valence-corrected chi connectivity index (χ3v) is 4.46. The van der Waals surface area contributed by atoms with E-state index in [4.69, 9.17) is 0 Å². The van der Waals surface area contributed by atoms with Crippen molar-refractivity contribution in [3.05, 3.63) is 63.9 Å². The van der Waals surface area contributed by atoms with Crippen molar-refractivity contribution < 1.29 is 13.2 Å². The molecule has 0 atom stereocenters. The molecule has 1 saturated carbocycles. The second kappa shape index (κ2) is 5.72. The Hall–Kier alpha value is -1.49. The van der Waals surface area contributed by atoms with Gasteiger partial charge in [0.05, 0.1) is 10.2 Å². The number of halogens is 4. The van der Waals surface area contributed by atoms with E-state index in [2.05, 4.69) is 21.2 Å². The molecule has 110 valence electrons. The summed E-state index contributed by atoms with van der Waals surface area (Å²) in [6.45, 7) is 0. The zero-order valence-corrected chi connectivity index (χ0v) is 12.6. The molecule has 3 rings (SSSR count). The molecule has 0 aromatic heterocycles. The molecule has 1 N–H and O–H groups in total. The van der Waals surface area contributed by atoms with E-state index in [1.54, 1.807) is 12.1 Å². The van der Waals surface area contributed by atoms with Crippen molar-refractivity contribution in [2.24, 2.45) is 0 Å². The maximum Gasteiger partial charge on any atom is 0.149 e. The van der Waals surface area contributed by atoms with Crippen LogP contribution in [0.3, 0.4) is 0 Å². The Morgan fingerprint density at radius 2 is 1.62 bits per heavy atom. The highest BCUT2D eigenvalue weighted by atomic mass is 79.9. The lowest BCUT2D eigenvalue weighted by Crippen LogP contribution is -2.34. The molecule has 0 saturated heterocycles. The summed E-state index contributed by atoms with van der Waals surface area (Å²) < 4.78 is 39.9. The fourth-order valence-corrected chi connectivity index (χ4v) is 2.94. The number of anilines is 1. The fourth-order valence-electron chi connectivity index (χ4n) is 2.60. The van der Waals surface area contributed by atoms with Crippen molar-refractivity contribution in [2.75, 3.05) is 5.32 Å². The first-order valence-corrected chi connectivity index (χ1v) is 7.49. The van der Waals surface area contributed by atoms with Gasteiger partial charge in [-0.3, -0.25) is 0 Å². The molecular formula is C16H13BrF3N. The van der Waals surface area contributed by atoms with Crippen molar-refractivity contribution in [3.8, 4) is 0 Å². The van der Waals surface area contributed by atoms with Crippen LogP contribution >= 0.6 is 15.9 Å². The Bertz CT molecular complexity index is 651. The summed E-state index contributed by atoms with van der Waals surface area (Å²) >= 11 is 3.05. The van der Waals surface area contributed by atoms with E-state index in [1.165, 1.54) is 18.2 Å². The van der Waals surface area contributed by atoms with Crippen LogP contribution in [0.4, 0.5) is 18.9 Å². The van der Waals surface area contributed by atoms with E-state index < -0.39 is 11.6 Å². The second-order valence-electron chi connectivity index (χ2n) is 5.31. The van der Waals surface area contributed by atoms with Crippen LogP contribution in [0.25, 0.3) is 0 Å². The molecular weight excluding hydrogens is 343 g/mol. The zero-order valence-electron chi connectivity index (χ0n) is 11.0. The summed E-state index contributed by atoms with van der Waals surface area (Å²) in [5.74, 6) is -1.10. The summed E-state index contributed by atoms with van der Waals surface area (Å²) in [5, 5.41) is 3.08. The largest absolute Gasteiger partial charge is 0.380 e. The van der Waals surface area contributed by atoms with Crippen molar-refractivity contribution >= 4 is 21.6 Å². The first-order chi connectivity index (χ1) is 10.0. The molecule has 1 fully saturated rings. The van der Waals surface area contributed by atoms with Crippen molar-refractivity contribution in [3.63, 3.8) is 0 Å². The molecule has 0 amide bonds. The average molecular weight is 356 g/mol. The number of hydrogen-bond donors (Lipinski definition) is 1. The van der Waals surface area contributed by atoms with Crippen LogP contribution < -0.4 is 5.32 Å². The van der Waals surface area contributed by atoms with E-state index in [1.807, 2.05) is 0 Å². The highest BCUT2D eigenvalue weighted by Gasteiger charge is 2.30. The van der Waals surface area contributed by atoms with Gasteiger partial charge in [0.1, 0.15) is 17.5 Å². The molecule has 2 aromatic rings. The van der Waals surface area contributed by atoms with Gasteiger partial charge in [0.15, 0.2) is 0 Å². The predicted molar refractivity (Wildman–Crippen MR) is 79.8 cm³/mol. The first kappa shape index (κ1) is 14.4. The minimum absolute atomic E-state index is 0.145. The third kappa shape index (κ3) is 3.07. The standard InChI is InChI=1S/C16H13BrF3N/c17-13-7-16(15(20)8-14(13)19)21-12-5-10(6-12)9-1-3-11(18)4-2-9/h1-4,7-8,10,12,21H,5-6H2. The van der Waals surface area contributed by atoms with E-state index in [0.717, 1.165) is 24.5 Å². The minimum Gasteiger partial charge on any atom is -0.380 e. The monoisotopic (exact) mass is 355 g/mol. The molecule has 0 unspecified atom stereocenters. The molecule has 2 aromatic carbocycles. The van der Waals surface area contributed by atoms with Gasteiger partial charge in [0.25, 0.3) is 0 Å². The molecule has 0 radical (unpaired) electrons. The Morgan fingerprint density at radius 3 is 2.29 bits per heavy atom. The lowest BCUT2D eigenvalue weighted by molar-refractivity contribution is 0.372. The lowest BCUT2D eigenvalue weighted by Gasteiger charge is -2.37. The minimum atomic E-state index is -0.615. The zero-order chi connectivity index (χ0) is 15.0. The molecule has 0 aliphatic heterocycles. The topological polar surface area (TPSA) is 12.0 Å². The van der Waals surface area contributed by atoms with Crippen LogP contribution in [0.5, 0.6) is 0 Å². The van der Waals surface area contributed by atoms with Gasteiger partial charge in [-0.05, 0) is 58.5 Å². The van der Waals surface area contributed by atoms with E-state index >= 15 is 0 Å². The van der Waals surface area contributed by atoms with E-state index in [0.29, 0.717) is 11.6 Å². The molecule has 5 heteroatoms. The highest BCUT2D eigenvalue weighted by Crippen LogP contribution is 2.39. The van der Waals surface area contributed by atoms with Gasteiger partial charge in [-0.25, -0.2) is 13.2 Å². The van der Waals surface area contributed by atoms with Crippen LogP contribution in [0, 0.1) is 17.5 Å². The maximum absolute atomic E-state index is 13.7. The Kier molecular flexibility index (Phi) is 3.93. The van der Waals surface area contributed by atoms with Gasteiger partial charge in [-0.2, -0.15) is 0 Å². The number of benzene rings is 2. The van der Waals surface area contributed by atoms with Gasteiger partial charge >= 0.3 is 0 Å². The van der Waals surface area contributed by atoms with Crippen molar-refractivity contribution in [1.82, 2.24) is 0 Å². The second-order valence-corrected chi connectivity index (χ2v) is 6.16. The first-order valence-electron chi connectivity index (χ1n) is 6.69. The Balaban J connectivity index is 1.62. The molecule has 1 aliphatic carbocycles. The van der Waals surface area contributed by atoms with Gasteiger partial charge in [-0.15, -0.1) is 0 Å². The van der Waals surface area contributed by atoms with Crippen LogP contribution in [0.2, 0.25) is 0 Å². The third-order valence-electron chi connectivity index (χ3n) is 3.85. The molecule has 0 bridgehead atoms. The van der Waals surface area contributed by atoms with Crippen molar-refractivity contribution in [2.45, 2.75) is 24.8 Å². The highest BCUT2D eigenvalue weighted by molar-refractivity contribution is 9.10. The Labute approximate surface area is 129 Å². The van der Waals surface area contributed by atoms with Crippen LogP contribution in [0.1, 0.15) is 24.3 Å². The quantitative estimate of drug-likeness (QED) is 0.743. The summed E-state index contributed by atoms with van der Waals surface area (Å²) in [7, 11) is 0. The molecule has 0 spiro atoms. The van der Waals surface area contributed by atoms with Crippen LogP contribution in [-0.2, 0) is 0 Å². The molecule has 1 nitrogen and oxygen atoms in total. The van der Waals surface area contributed by atoms with Gasteiger partial charge < -0.3 is 5.32 Å². The number of hydrogen-bond acceptors (Lipinski definition) is 1. The molecule has 0 heterocycles. The number of nitrogens with one attached hydrogen (secondary N) is 1. The summed E-state index contributed by atoms with van der Waals surface area (Å²) in [4.78, 5) is 0. The van der Waals surface area contributed by atoms with Crippen LogP contribution in [-0.4, -0.2) is 6.04 Å². The summed E-state index contributed by atoms with van der Waals surface area (Å²) in [6.07, 6.45) is 1.69. The average Bonchev–Trinajstić information content (AvgIpc) is 2.40. The smallest absolute Gasteiger partial charge is 0.149 e. The summed E-state index contributed by atoms with van der Waals surface area (Å²) in [5.41, 5.74) is 1.39. The maximum atomic E-state index is 13.7. The number of rotatable bonds is 3. The SMILES string of the molecule is Fc1ccc(C2CC(Nc3cc(Br)c(F)cc3F)C2)cc1. The normalized spacial score (nSPS) is 21.0. The Morgan fingerprint density at radius 1 is 0.952 bits per heavy atom. The predicted octanol–water partition coefficient (Wildman–Crippen LogP) is 5.22. The molecule has 1 aliphatic rings. The van der Waals surface area contributed by atoms with Crippen molar-refractivity contribution in [1.29, 1.82) is 0 Å². The fraction of sp³-hybridized carbons (Fsp3) is 0.250. The van der Waals surface area contributed by atoms with Crippen LogP contribution in [0.15, 0.2) is 40.9 Å². The van der Waals surface area contributed by atoms with Gasteiger partial charge in [0, 0.05) is 12.1 Å². The lowest BCUT2D eigenvalue weighted by atomic mass is 9.76. The van der Waals surface area contributed by atoms with Gasteiger partial charge in [-0.1, -0.05) is 12.1 Å². The summed E-state index contributed by atoms with van der Waals surface area (Å²) in [6, 6.07) is 8.89. The van der Waals surface area contributed by atoms with E-state index in [-0.39, 0.29) is 16.3 Å².